The number of nitrogens with zero attached hydrogens (tertiary/aromatic N) is 1. The van der Waals surface area contributed by atoms with Crippen LogP contribution in [0.5, 0.6) is 0 Å². The molecule has 2 nitrogen and oxygen atoms in total. The van der Waals surface area contributed by atoms with Crippen molar-refractivity contribution in [2.45, 2.75) is 0 Å². The monoisotopic (exact) mass is 224 g/mol. The molecular weight excluding hydrogens is 216 g/mol. The van der Waals surface area contributed by atoms with Crippen molar-refractivity contribution >= 4 is 22.2 Å². The Labute approximate surface area is 96.8 Å². The normalized spacial score (nSPS) is 10.4. The lowest BCUT2D eigenvalue weighted by Gasteiger charge is -1.95. The Balaban J connectivity index is 2.31. The molecule has 1 aromatic carbocycles. The lowest BCUT2D eigenvalue weighted by Crippen LogP contribution is -1.75. The lowest BCUT2D eigenvalue weighted by atomic mass is 10.1. The molecule has 0 unspecified atom stereocenters. The topological polar surface area (TPSA) is 39.6 Å². The van der Waals surface area contributed by atoms with Gasteiger partial charge in [-0.2, -0.15) is 16.6 Å². The third-order valence-electron chi connectivity index (χ3n) is 2.64. The fourth-order valence-corrected chi connectivity index (χ4v) is 2.50. The van der Waals surface area contributed by atoms with Crippen LogP contribution >= 0.6 is 11.3 Å². The van der Waals surface area contributed by atoms with Gasteiger partial charge in [0.05, 0.1) is 11.6 Å². The summed E-state index contributed by atoms with van der Waals surface area (Å²) in [7, 11) is 0. The summed E-state index contributed by atoms with van der Waals surface area (Å²) in [6.07, 6.45) is 1.99. The molecule has 0 atom stereocenters. The highest BCUT2D eigenvalue weighted by Gasteiger charge is 2.06. The molecule has 76 valence electrons. The summed E-state index contributed by atoms with van der Waals surface area (Å²) in [6.45, 7) is 0. The number of aromatic amines is 1. The largest absolute Gasteiger partial charge is 0.361 e. The van der Waals surface area contributed by atoms with E-state index in [0.29, 0.717) is 5.56 Å². The second kappa shape index (κ2) is 3.51. The smallest absolute Gasteiger partial charge is 0.0991 e. The van der Waals surface area contributed by atoms with Crippen molar-refractivity contribution in [3.8, 4) is 17.2 Å². The molecule has 0 aliphatic carbocycles. The number of hydrogen-bond acceptors (Lipinski definition) is 2. The lowest BCUT2D eigenvalue weighted by molar-refractivity contribution is 1.47. The van der Waals surface area contributed by atoms with Crippen molar-refractivity contribution in [2.75, 3.05) is 0 Å². The van der Waals surface area contributed by atoms with E-state index >= 15 is 0 Å². The van der Waals surface area contributed by atoms with Crippen molar-refractivity contribution in [3.63, 3.8) is 0 Å². The third kappa shape index (κ3) is 1.32. The van der Waals surface area contributed by atoms with Crippen LogP contribution < -0.4 is 0 Å². The Morgan fingerprint density at radius 1 is 1.25 bits per heavy atom. The number of aromatic nitrogens is 1. The highest BCUT2D eigenvalue weighted by molar-refractivity contribution is 7.08. The van der Waals surface area contributed by atoms with Gasteiger partial charge in [0.25, 0.3) is 0 Å². The maximum absolute atomic E-state index is 8.90. The van der Waals surface area contributed by atoms with Crippen molar-refractivity contribution in [1.29, 1.82) is 5.26 Å². The quantitative estimate of drug-likeness (QED) is 0.671. The van der Waals surface area contributed by atoms with Crippen LogP contribution in [0.4, 0.5) is 0 Å². The molecule has 0 aliphatic rings. The van der Waals surface area contributed by atoms with Crippen LogP contribution in [0.25, 0.3) is 22.0 Å². The molecule has 3 aromatic rings. The van der Waals surface area contributed by atoms with Gasteiger partial charge >= 0.3 is 0 Å². The average molecular weight is 224 g/mol. The molecular formula is C13H8N2S. The first kappa shape index (κ1) is 9.20. The molecule has 0 bridgehead atoms. The number of H-pyrrole nitrogens is 1. The van der Waals surface area contributed by atoms with Crippen LogP contribution in [0.3, 0.4) is 0 Å². The number of thiophene rings is 1. The predicted octanol–water partition coefficient (Wildman–Crippen LogP) is 3.77. The maximum atomic E-state index is 8.90. The summed E-state index contributed by atoms with van der Waals surface area (Å²) < 4.78 is 0. The van der Waals surface area contributed by atoms with E-state index in [1.807, 2.05) is 24.4 Å². The summed E-state index contributed by atoms with van der Waals surface area (Å²) >= 11 is 1.68. The third-order valence-corrected chi connectivity index (χ3v) is 3.33. The predicted molar refractivity (Wildman–Crippen MR) is 66.3 cm³/mol. The molecule has 0 radical (unpaired) electrons. The zero-order valence-corrected chi connectivity index (χ0v) is 9.21. The first-order chi connectivity index (χ1) is 7.88. The van der Waals surface area contributed by atoms with Crippen LogP contribution in [-0.4, -0.2) is 4.98 Å². The van der Waals surface area contributed by atoms with Crippen LogP contribution in [0, 0.1) is 11.3 Å². The number of benzene rings is 1. The minimum absolute atomic E-state index is 0.698. The van der Waals surface area contributed by atoms with E-state index < -0.39 is 0 Å². The van der Waals surface area contributed by atoms with Gasteiger partial charge in [0, 0.05) is 22.7 Å². The fraction of sp³-hybridized carbons (Fsp3) is 0. The van der Waals surface area contributed by atoms with E-state index in [1.54, 1.807) is 11.3 Å². The average Bonchev–Trinajstić information content (AvgIpc) is 2.96. The minimum Gasteiger partial charge on any atom is -0.361 e. The molecule has 16 heavy (non-hydrogen) atoms. The Morgan fingerprint density at radius 2 is 2.19 bits per heavy atom. The van der Waals surface area contributed by atoms with E-state index in [4.69, 9.17) is 5.26 Å². The molecule has 0 spiro atoms. The zero-order valence-electron chi connectivity index (χ0n) is 8.40. The van der Waals surface area contributed by atoms with Gasteiger partial charge in [-0.05, 0) is 40.6 Å². The SMILES string of the molecule is N#Cc1ccc2[nH]cc(-c3ccsc3)c2c1. The van der Waals surface area contributed by atoms with Crippen molar-refractivity contribution in [2.24, 2.45) is 0 Å². The van der Waals surface area contributed by atoms with E-state index in [2.05, 4.69) is 27.9 Å². The van der Waals surface area contributed by atoms with Gasteiger partial charge in [0.15, 0.2) is 0 Å². The van der Waals surface area contributed by atoms with Crippen LogP contribution in [0.1, 0.15) is 5.56 Å². The minimum atomic E-state index is 0.698. The van der Waals surface area contributed by atoms with Crippen molar-refractivity contribution < 1.29 is 0 Å². The molecule has 0 saturated heterocycles. The highest BCUT2D eigenvalue weighted by atomic mass is 32.1. The number of rotatable bonds is 1. The summed E-state index contributed by atoms with van der Waals surface area (Å²) in [6, 6.07) is 9.97. The molecule has 0 aliphatic heterocycles. The van der Waals surface area contributed by atoms with E-state index in [-0.39, 0.29) is 0 Å². The van der Waals surface area contributed by atoms with E-state index in [1.165, 1.54) is 5.56 Å². The number of nitriles is 1. The fourth-order valence-electron chi connectivity index (χ4n) is 1.85. The second-order valence-corrected chi connectivity index (χ2v) is 4.37. The molecule has 0 fully saturated rings. The van der Waals surface area contributed by atoms with Crippen molar-refractivity contribution in [1.82, 2.24) is 4.98 Å². The summed E-state index contributed by atoms with van der Waals surface area (Å²) in [4.78, 5) is 3.22. The Bertz CT molecular complexity index is 672. The van der Waals surface area contributed by atoms with E-state index in [9.17, 15) is 0 Å². The van der Waals surface area contributed by atoms with Gasteiger partial charge in [-0.25, -0.2) is 0 Å². The van der Waals surface area contributed by atoms with Gasteiger partial charge in [0.2, 0.25) is 0 Å². The summed E-state index contributed by atoms with van der Waals surface area (Å²) in [5.41, 5.74) is 4.13. The van der Waals surface area contributed by atoms with Gasteiger partial charge in [-0.3, -0.25) is 0 Å². The molecule has 2 aromatic heterocycles. The first-order valence-electron chi connectivity index (χ1n) is 4.92. The van der Waals surface area contributed by atoms with Crippen molar-refractivity contribution in [3.05, 3.63) is 46.8 Å². The first-order valence-corrected chi connectivity index (χ1v) is 5.86. The Hall–Kier alpha value is -2.05. The number of hydrogen-bond donors (Lipinski definition) is 1. The van der Waals surface area contributed by atoms with Gasteiger partial charge < -0.3 is 4.98 Å². The second-order valence-electron chi connectivity index (χ2n) is 3.59. The molecule has 3 rings (SSSR count). The Kier molecular flexibility index (Phi) is 2.02. The maximum Gasteiger partial charge on any atom is 0.0991 e. The van der Waals surface area contributed by atoms with E-state index in [0.717, 1.165) is 16.5 Å². The van der Waals surface area contributed by atoms with Gasteiger partial charge in [-0.1, -0.05) is 0 Å². The summed E-state index contributed by atoms with van der Waals surface area (Å²) in [5, 5.41) is 14.2. The molecule has 3 heteroatoms. The standard InChI is InChI=1S/C13H8N2S/c14-6-9-1-2-13-11(5-9)12(7-15-13)10-3-4-16-8-10/h1-5,7-8,15H. The number of nitrogens with one attached hydrogen (secondary N) is 1. The zero-order chi connectivity index (χ0) is 11.0. The number of fused-ring (bicyclic) bond motifs is 1. The van der Waals surface area contributed by atoms with Crippen LogP contribution in [0.15, 0.2) is 41.2 Å². The van der Waals surface area contributed by atoms with Gasteiger partial charge in [-0.15, -0.1) is 0 Å². The Morgan fingerprint density at radius 3 is 2.94 bits per heavy atom. The molecule has 1 N–H and O–H groups in total. The highest BCUT2D eigenvalue weighted by Crippen LogP contribution is 2.30. The molecule has 0 amide bonds. The van der Waals surface area contributed by atoms with Crippen LogP contribution in [-0.2, 0) is 0 Å². The summed E-state index contributed by atoms with van der Waals surface area (Å²) in [5.74, 6) is 0. The van der Waals surface area contributed by atoms with Gasteiger partial charge in [0.1, 0.15) is 0 Å². The van der Waals surface area contributed by atoms with Crippen LogP contribution in [0.2, 0.25) is 0 Å². The molecule has 2 heterocycles. The molecule has 0 saturated carbocycles.